The fraction of sp³-hybridized carbons (Fsp3) is 0.623. The molecule has 0 aliphatic carbocycles. The first-order chi connectivity index (χ1) is 41.0. The summed E-state index contributed by atoms with van der Waals surface area (Å²) in [5, 5.41) is 0. The summed E-state index contributed by atoms with van der Waals surface area (Å²) in [6, 6.07) is 0. The van der Waals surface area contributed by atoms with Gasteiger partial charge in [0.2, 0.25) is 0 Å². The van der Waals surface area contributed by atoms with E-state index in [0.29, 0.717) is 19.3 Å². The number of hydrogen-bond acceptors (Lipinski definition) is 6. The molecule has 468 valence electrons. The molecule has 0 aliphatic heterocycles. The average molecular weight is 1150 g/mol. The van der Waals surface area contributed by atoms with Crippen molar-refractivity contribution in [3.63, 3.8) is 0 Å². The zero-order chi connectivity index (χ0) is 59.9. The van der Waals surface area contributed by atoms with Gasteiger partial charge in [-0.2, -0.15) is 0 Å². The predicted octanol–water partition coefficient (Wildman–Crippen LogP) is 23.7. The predicted molar refractivity (Wildman–Crippen MR) is 362 cm³/mol. The largest absolute Gasteiger partial charge is 0.462 e. The number of esters is 3. The van der Waals surface area contributed by atoms with Crippen LogP contribution in [0.25, 0.3) is 0 Å². The summed E-state index contributed by atoms with van der Waals surface area (Å²) in [5.74, 6) is -0.956. The first-order valence-corrected chi connectivity index (χ1v) is 34.0. The summed E-state index contributed by atoms with van der Waals surface area (Å²) in [5.41, 5.74) is 0. The van der Waals surface area contributed by atoms with Gasteiger partial charge in [0.25, 0.3) is 0 Å². The van der Waals surface area contributed by atoms with Crippen molar-refractivity contribution < 1.29 is 28.6 Å². The maximum Gasteiger partial charge on any atom is 0.306 e. The second-order valence-electron chi connectivity index (χ2n) is 22.0. The molecule has 83 heavy (non-hydrogen) atoms. The summed E-state index contributed by atoms with van der Waals surface area (Å²) in [6.45, 7) is 6.37. The smallest absolute Gasteiger partial charge is 0.306 e. The van der Waals surface area contributed by atoms with Gasteiger partial charge >= 0.3 is 17.9 Å². The minimum absolute atomic E-state index is 0.102. The van der Waals surface area contributed by atoms with Crippen LogP contribution in [0.15, 0.2) is 158 Å². The minimum Gasteiger partial charge on any atom is -0.462 e. The molecule has 0 heterocycles. The van der Waals surface area contributed by atoms with Crippen LogP contribution in [0.3, 0.4) is 0 Å². The lowest BCUT2D eigenvalue weighted by molar-refractivity contribution is -0.167. The highest BCUT2D eigenvalue weighted by atomic mass is 16.6. The Morgan fingerprint density at radius 3 is 0.771 bits per heavy atom. The van der Waals surface area contributed by atoms with Crippen molar-refractivity contribution in [3.8, 4) is 0 Å². The number of unbranched alkanes of at least 4 members (excludes halogenated alkanes) is 23. The Hall–Kier alpha value is -4.97. The minimum atomic E-state index is -0.809. The van der Waals surface area contributed by atoms with Gasteiger partial charge < -0.3 is 14.2 Å². The summed E-state index contributed by atoms with van der Waals surface area (Å²) in [4.78, 5) is 38.4. The van der Waals surface area contributed by atoms with Crippen LogP contribution in [0.1, 0.15) is 290 Å². The molecule has 1 unspecified atom stereocenters. The zero-order valence-electron chi connectivity index (χ0n) is 53.7. The monoisotopic (exact) mass is 1140 g/mol. The molecule has 0 radical (unpaired) electrons. The fourth-order valence-electron chi connectivity index (χ4n) is 8.97. The van der Waals surface area contributed by atoms with Crippen LogP contribution in [0.4, 0.5) is 0 Å². The van der Waals surface area contributed by atoms with Gasteiger partial charge in [-0.3, -0.25) is 14.4 Å². The van der Waals surface area contributed by atoms with Crippen LogP contribution in [0.5, 0.6) is 0 Å². The van der Waals surface area contributed by atoms with E-state index in [9.17, 15) is 14.4 Å². The number of hydrogen-bond donors (Lipinski definition) is 0. The molecule has 0 rings (SSSR count). The molecule has 0 saturated carbocycles. The molecule has 0 aromatic carbocycles. The van der Waals surface area contributed by atoms with Crippen LogP contribution in [-0.4, -0.2) is 37.2 Å². The molecule has 0 amide bonds. The Bertz CT molecular complexity index is 1840. The van der Waals surface area contributed by atoms with Gasteiger partial charge in [0.05, 0.1) is 0 Å². The van der Waals surface area contributed by atoms with Crippen molar-refractivity contribution in [1.29, 1.82) is 0 Å². The van der Waals surface area contributed by atoms with Gasteiger partial charge in [-0.25, -0.2) is 0 Å². The molecule has 0 bridgehead atoms. The van der Waals surface area contributed by atoms with E-state index in [1.807, 2.05) is 0 Å². The number of carbonyl (C=O) groups excluding carboxylic acids is 3. The van der Waals surface area contributed by atoms with Crippen LogP contribution in [0, 0.1) is 0 Å². The van der Waals surface area contributed by atoms with Crippen molar-refractivity contribution in [2.75, 3.05) is 13.2 Å². The molecule has 0 N–H and O–H groups in total. The Labute approximate surface area is 511 Å². The fourth-order valence-corrected chi connectivity index (χ4v) is 8.97. The van der Waals surface area contributed by atoms with Crippen LogP contribution >= 0.6 is 0 Å². The quantitative estimate of drug-likeness (QED) is 0.0261. The van der Waals surface area contributed by atoms with Gasteiger partial charge in [-0.05, 0) is 148 Å². The number of allylic oxidation sites excluding steroid dienone is 26. The molecule has 0 aliphatic rings. The van der Waals surface area contributed by atoms with E-state index in [1.54, 1.807) is 0 Å². The SMILES string of the molecule is CC/C=C\C/C=C\C/C=C\C/C=C\C/C=C\C/C=C\C/C=C\C/C=C\CCCCCCCCCCC(=O)OCC(COC(=O)CCCC/C=C\C/C=C\C/C=C\C/C=C\CC)OC(=O)CCCCCCCCC/C=C\CCCCCCCC. The summed E-state index contributed by atoms with van der Waals surface area (Å²) >= 11 is 0. The van der Waals surface area contributed by atoms with E-state index in [4.69, 9.17) is 14.2 Å². The van der Waals surface area contributed by atoms with Crippen LogP contribution in [0.2, 0.25) is 0 Å². The molecule has 6 heteroatoms. The van der Waals surface area contributed by atoms with Gasteiger partial charge in [0, 0.05) is 19.3 Å². The molecule has 1 atom stereocenters. The number of carbonyl (C=O) groups is 3. The maximum atomic E-state index is 12.9. The van der Waals surface area contributed by atoms with Crippen molar-refractivity contribution >= 4 is 17.9 Å². The van der Waals surface area contributed by atoms with Gasteiger partial charge in [0.15, 0.2) is 6.10 Å². The third kappa shape index (κ3) is 67.7. The summed E-state index contributed by atoms with van der Waals surface area (Å²) in [6.07, 6.45) is 101. The van der Waals surface area contributed by atoms with Gasteiger partial charge in [-0.15, -0.1) is 0 Å². The van der Waals surface area contributed by atoms with Crippen molar-refractivity contribution in [1.82, 2.24) is 0 Å². The van der Waals surface area contributed by atoms with E-state index < -0.39 is 6.10 Å². The number of rotatable bonds is 60. The Kier molecular flexibility index (Phi) is 65.4. The molecule has 0 aromatic heterocycles. The Balaban J connectivity index is 4.36. The third-order valence-electron chi connectivity index (χ3n) is 14.0. The van der Waals surface area contributed by atoms with Crippen molar-refractivity contribution in [2.24, 2.45) is 0 Å². The zero-order valence-corrected chi connectivity index (χ0v) is 53.7. The van der Waals surface area contributed by atoms with E-state index in [-0.39, 0.29) is 31.1 Å². The molecule has 0 fully saturated rings. The van der Waals surface area contributed by atoms with Crippen LogP contribution < -0.4 is 0 Å². The van der Waals surface area contributed by atoms with Crippen LogP contribution in [-0.2, 0) is 28.6 Å². The van der Waals surface area contributed by atoms with E-state index in [1.165, 1.54) is 109 Å². The normalized spacial score (nSPS) is 13.1. The van der Waals surface area contributed by atoms with E-state index in [2.05, 4.69) is 179 Å². The first-order valence-electron chi connectivity index (χ1n) is 34.0. The lowest BCUT2D eigenvalue weighted by atomic mass is 10.1. The number of ether oxygens (including phenoxy) is 3. The molecule has 6 nitrogen and oxygen atoms in total. The molecule has 0 aromatic rings. The second-order valence-corrected chi connectivity index (χ2v) is 22.0. The maximum absolute atomic E-state index is 12.9. The standard InChI is InChI=1S/C77H124O6/c1-4-7-10-13-16-19-22-25-28-30-31-32-33-34-35-36-37-38-39-40-41-42-43-44-45-47-49-52-55-58-61-64-67-70-76(79)82-73-74(72-81-75(78)69-66-63-60-57-54-51-48-27-24-21-18-15-12-9-6-3)83-77(80)71-68-65-62-59-56-53-50-46-29-26-23-20-17-14-11-8-5-2/h7,9-10,12,16,18-19,21,25-29,31-32,34-35,37-38,40-41,43-44,48,54,57,74H,4-6,8,11,13-15,17,20,22-24,30,33,36,39,42,45-47,49-53,55-56,58-73H2,1-3H3/b10-7-,12-9-,19-16-,21-18-,28-25-,29-26-,32-31-,35-34-,38-37-,41-40-,44-43-,48-27-,57-54-. The first kappa shape index (κ1) is 78.0. The lowest BCUT2D eigenvalue weighted by Gasteiger charge is -2.18. The lowest BCUT2D eigenvalue weighted by Crippen LogP contribution is -2.30. The average Bonchev–Trinajstić information content (AvgIpc) is 3.49. The highest BCUT2D eigenvalue weighted by Crippen LogP contribution is 2.15. The molecule has 0 spiro atoms. The van der Waals surface area contributed by atoms with Crippen molar-refractivity contribution in [3.05, 3.63) is 158 Å². The molecular weight excluding hydrogens is 1020 g/mol. The summed E-state index contributed by atoms with van der Waals surface area (Å²) < 4.78 is 16.9. The van der Waals surface area contributed by atoms with Gasteiger partial charge in [0.1, 0.15) is 13.2 Å². The van der Waals surface area contributed by atoms with Crippen molar-refractivity contribution in [2.45, 2.75) is 297 Å². The third-order valence-corrected chi connectivity index (χ3v) is 14.0. The Morgan fingerprint density at radius 1 is 0.253 bits per heavy atom. The molecule has 0 saturated heterocycles. The summed E-state index contributed by atoms with van der Waals surface area (Å²) in [7, 11) is 0. The highest BCUT2D eigenvalue weighted by molar-refractivity contribution is 5.71. The topological polar surface area (TPSA) is 78.9 Å². The molecular formula is C77H124O6. The van der Waals surface area contributed by atoms with E-state index in [0.717, 1.165) is 141 Å². The van der Waals surface area contributed by atoms with E-state index >= 15 is 0 Å². The van der Waals surface area contributed by atoms with Gasteiger partial charge in [-0.1, -0.05) is 281 Å². The Morgan fingerprint density at radius 2 is 0.470 bits per heavy atom. The highest BCUT2D eigenvalue weighted by Gasteiger charge is 2.19. The second kappa shape index (κ2) is 69.5.